The zero-order valence-electron chi connectivity index (χ0n) is 13.3. The maximum absolute atomic E-state index is 11.9. The van der Waals surface area contributed by atoms with Gasteiger partial charge in [0.25, 0.3) is 0 Å². The fourth-order valence-corrected chi connectivity index (χ4v) is 1.87. The van der Waals surface area contributed by atoms with Crippen LogP contribution >= 0.6 is 11.6 Å². The number of amides is 3. The topological polar surface area (TPSA) is 113 Å². The van der Waals surface area contributed by atoms with E-state index in [1.807, 2.05) is 13.8 Å². The molecule has 1 aromatic rings. The fourth-order valence-electron chi connectivity index (χ4n) is 1.70. The molecule has 7 nitrogen and oxygen atoms in total. The van der Waals surface area contributed by atoms with Crippen LogP contribution in [0.4, 0.5) is 11.4 Å². The van der Waals surface area contributed by atoms with Crippen molar-refractivity contribution < 1.29 is 14.4 Å². The number of benzene rings is 1. The van der Waals surface area contributed by atoms with Gasteiger partial charge in [-0.25, -0.2) is 0 Å². The second-order valence-electron chi connectivity index (χ2n) is 5.41. The van der Waals surface area contributed by atoms with E-state index >= 15 is 0 Å². The van der Waals surface area contributed by atoms with Crippen LogP contribution in [0.25, 0.3) is 0 Å². The molecule has 3 amide bonds. The Kier molecular flexibility index (Phi) is 6.99. The van der Waals surface area contributed by atoms with E-state index < -0.39 is 17.9 Å². The van der Waals surface area contributed by atoms with Gasteiger partial charge in [0.2, 0.25) is 17.7 Å². The molecule has 0 heterocycles. The Balaban J connectivity index is 2.68. The highest BCUT2D eigenvalue weighted by Crippen LogP contribution is 2.25. The van der Waals surface area contributed by atoms with Gasteiger partial charge >= 0.3 is 0 Å². The van der Waals surface area contributed by atoms with Crippen molar-refractivity contribution in [1.82, 2.24) is 5.32 Å². The Hall–Kier alpha value is -2.12. The van der Waals surface area contributed by atoms with Gasteiger partial charge in [0, 0.05) is 11.9 Å². The average Bonchev–Trinajstić information content (AvgIpc) is 2.46. The Morgan fingerprint density at radius 2 is 1.83 bits per heavy atom. The van der Waals surface area contributed by atoms with Crippen LogP contribution in [0.2, 0.25) is 5.02 Å². The number of carbonyl (C=O) groups is 3. The van der Waals surface area contributed by atoms with Gasteiger partial charge in [-0.3, -0.25) is 14.4 Å². The molecule has 0 fully saturated rings. The summed E-state index contributed by atoms with van der Waals surface area (Å²) in [5, 5.41) is 8.04. The number of nitrogens with one attached hydrogen (secondary N) is 3. The molecular weight excluding hydrogens is 320 g/mol. The van der Waals surface area contributed by atoms with Crippen LogP contribution in [0.3, 0.4) is 0 Å². The van der Waals surface area contributed by atoms with Crippen LogP contribution in [0.1, 0.15) is 20.8 Å². The highest BCUT2D eigenvalue weighted by atomic mass is 35.5. The quantitative estimate of drug-likeness (QED) is 0.625. The minimum absolute atomic E-state index is 0.0302. The van der Waals surface area contributed by atoms with E-state index in [0.29, 0.717) is 16.4 Å². The van der Waals surface area contributed by atoms with E-state index in [1.165, 1.54) is 13.0 Å². The predicted molar refractivity (Wildman–Crippen MR) is 90.2 cm³/mol. The summed E-state index contributed by atoms with van der Waals surface area (Å²) in [5.74, 6) is -1.16. The molecule has 0 unspecified atom stereocenters. The number of hydrogen-bond acceptors (Lipinski definition) is 4. The lowest BCUT2D eigenvalue weighted by molar-refractivity contribution is -0.125. The number of rotatable bonds is 6. The van der Waals surface area contributed by atoms with Crippen molar-refractivity contribution in [3.05, 3.63) is 23.2 Å². The smallest absolute Gasteiger partial charge is 0.243 e. The number of nitrogens with two attached hydrogens (primary N) is 1. The molecule has 0 aromatic heterocycles. The van der Waals surface area contributed by atoms with Crippen LogP contribution < -0.4 is 21.7 Å². The zero-order chi connectivity index (χ0) is 17.6. The number of carbonyl (C=O) groups excluding carboxylic acids is 3. The third-order valence-corrected chi connectivity index (χ3v) is 3.25. The third kappa shape index (κ3) is 6.25. The first-order chi connectivity index (χ1) is 10.7. The fraction of sp³-hybridized carbons (Fsp3) is 0.400. The second-order valence-corrected chi connectivity index (χ2v) is 5.84. The number of hydrogen-bond donors (Lipinski definition) is 4. The molecule has 5 N–H and O–H groups in total. The second kappa shape index (κ2) is 8.50. The average molecular weight is 341 g/mol. The molecule has 0 spiro atoms. The molecule has 0 saturated heterocycles. The minimum Gasteiger partial charge on any atom is -0.346 e. The van der Waals surface area contributed by atoms with Crippen molar-refractivity contribution in [3.8, 4) is 0 Å². The van der Waals surface area contributed by atoms with Crippen molar-refractivity contribution in [1.29, 1.82) is 0 Å². The first-order valence-electron chi connectivity index (χ1n) is 7.11. The summed E-state index contributed by atoms with van der Waals surface area (Å²) in [4.78, 5) is 34.8. The van der Waals surface area contributed by atoms with Gasteiger partial charge in [0.1, 0.15) is 0 Å². The molecule has 0 aliphatic rings. The summed E-state index contributed by atoms with van der Waals surface area (Å²) in [5.41, 5.74) is 6.45. The largest absolute Gasteiger partial charge is 0.346 e. The number of halogens is 1. The molecule has 0 bridgehead atoms. The van der Waals surface area contributed by atoms with Gasteiger partial charge in [-0.05, 0) is 24.1 Å². The van der Waals surface area contributed by atoms with E-state index in [9.17, 15) is 14.4 Å². The lowest BCUT2D eigenvalue weighted by Crippen LogP contribution is -2.46. The van der Waals surface area contributed by atoms with Gasteiger partial charge < -0.3 is 21.7 Å². The van der Waals surface area contributed by atoms with Crippen molar-refractivity contribution in [3.63, 3.8) is 0 Å². The van der Waals surface area contributed by atoms with Crippen molar-refractivity contribution in [2.45, 2.75) is 26.8 Å². The molecule has 126 valence electrons. The van der Waals surface area contributed by atoms with Gasteiger partial charge in [0.15, 0.2) is 0 Å². The van der Waals surface area contributed by atoms with E-state index in [2.05, 4.69) is 16.0 Å². The SMILES string of the molecule is CC(=O)Nc1ccc(Cl)cc1NC(=O)CNC(=O)[C@@H](N)C(C)C. The van der Waals surface area contributed by atoms with Gasteiger partial charge in [-0.15, -0.1) is 0 Å². The first-order valence-corrected chi connectivity index (χ1v) is 7.48. The highest BCUT2D eigenvalue weighted by molar-refractivity contribution is 6.31. The summed E-state index contributed by atoms with van der Waals surface area (Å²) < 4.78 is 0. The number of anilines is 2. The normalized spacial score (nSPS) is 11.7. The summed E-state index contributed by atoms with van der Waals surface area (Å²) in [6.07, 6.45) is 0. The first kappa shape index (κ1) is 18.9. The van der Waals surface area contributed by atoms with Crippen LogP contribution in [0, 0.1) is 5.92 Å². The standard InChI is InChI=1S/C15H21ClN4O3/c1-8(2)14(17)15(23)18-7-13(22)20-12-6-10(16)4-5-11(12)19-9(3)21/h4-6,8,14H,7,17H2,1-3H3,(H,18,23)(H,19,21)(H,20,22)/t14-/m0/s1. The Bertz CT molecular complexity index is 604. The Morgan fingerprint density at radius 3 is 2.39 bits per heavy atom. The van der Waals surface area contributed by atoms with E-state index in [4.69, 9.17) is 17.3 Å². The monoisotopic (exact) mass is 340 g/mol. The summed E-state index contributed by atoms with van der Waals surface area (Å²) >= 11 is 5.89. The molecule has 8 heteroatoms. The molecule has 1 rings (SSSR count). The molecule has 0 aliphatic carbocycles. The lowest BCUT2D eigenvalue weighted by atomic mass is 10.1. The minimum atomic E-state index is -0.677. The molecule has 1 atom stereocenters. The van der Waals surface area contributed by atoms with Gasteiger partial charge in [0.05, 0.1) is 24.0 Å². The highest BCUT2D eigenvalue weighted by Gasteiger charge is 2.18. The van der Waals surface area contributed by atoms with Crippen molar-refractivity contribution in [2.75, 3.05) is 17.2 Å². The van der Waals surface area contributed by atoms with E-state index in [-0.39, 0.29) is 18.4 Å². The molecule has 0 radical (unpaired) electrons. The molecule has 23 heavy (non-hydrogen) atoms. The van der Waals surface area contributed by atoms with Gasteiger partial charge in [-0.2, -0.15) is 0 Å². The molecule has 0 saturated carbocycles. The Morgan fingerprint density at radius 1 is 1.17 bits per heavy atom. The van der Waals surface area contributed by atoms with Crippen LogP contribution in [0.15, 0.2) is 18.2 Å². The summed E-state index contributed by atoms with van der Waals surface area (Å²) in [6, 6.07) is 3.99. The van der Waals surface area contributed by atoms with Crippen molar-refractivity contribution in [2.24, 2.45) is 11.7 Å². The maximum Gasteiger partial charge on any atom is 0.243 e. The van der Waals surface area contributed by atoms with E-state index in [0.717, 1.165) is 0 Å². The lowest BCUT2D eigenvalue weighted by Gasteiger charge is -2.16. The third-order valence-electron chi connectivity index (χ3n) is 3.01. The molecular formula is C15H21ClN4O3. The predicted octanol–water partition coefficient (Wildman–Crippen LogP) is 1.34. The molecule has 0 aliphatic heterocycles. The van der Waals surface area contributed by atoms with Crippen LogP contribution in [-0.4, -0.2) is 30.3 Å². The summed E-state index contributed by atoms with van der Waals surface area (Å²) in [7, 11) is 0. The Labute approximate surface area is 139 Å². The van der Waals surface area contributed by atoms with Crippen molar-refractivity contribution >= 4 is 40.7 Å². The summed E-state index contributed by atoms with van der Waals surface area (Å²) in [6.45, 7) is 4.75. The van der Waals surface area contributed by atoms with E-state index in [1.54, 1.807) is 12.1 Å². The maximum atomic E-state index is 11.9. The zero-order valence-corrected chi connectivity index (χ0v) is 14.0. The van der Waals surface area contributed by atoms with Crippen LogP contribution in [-0.2, 0) is 14.4 Å². The van der Waals surface area contributed by atoms with Crippen LogP contribution in [0.5, 0.6) is 0 Å². The van der Waals surface area contributed by atoms with Gasteiger partial charge in [-0.1, -0.05) is 25.4 Å². The molecule has 1 aromatic carbocycles.